The molecule has 4 heteroatoms. The van der Waals surface area contributed by atoms with Gasteiger partial charge in [-0.05, 0) is 38.5 Å². The molecule has 0 aromatic carbocycles. The van der Waals surface area contributed by atoms with Crippen molar-refractivity contribution in [2.24, 2.45) is 0 Å². The molecule has 0 spiro atoms. The number of rotatable bonds is 0. The van der Waals surface area contributed by atoms with Crippen molar-refractivity contribution in [2.45, 2.75) is 113 Å². The largest absolute Gasteiger partial charge is 0.292 e. The Balaban J connectivity index is 1.50. The van der Waals surface area contributed by atoms with Crippen molar-refractivity contribution < 1.29 is 0 Å². The molecule has 5 aliphatic rings. The summed E-state index contributed by atoms with van der Waals surface area (Å²) in [5.74, 6) is 0. The number of fused-ring (bicyclic) bond motifs is 2. The van der Waals surface area contributed by atoms with Gasteiger partial charge in [-0.3, -0.25) is 21.3 Å². The summed E-state index contributed by atoms with van der Waals surface area (Å²) in [4.78, 5) is 0. The average molecular weight is 304 g/mol. The minimum Gasteiger partial charge on any atom is -0.292 e. The van der Waals surface area contributed by atoms with Crippen LogP contribution in [0.25, 0.3) is 0 Å². The van der Waals surface area contributed by atoms with E-state index >= 15 is 0 Å². The Morgan fingerprint density at radius 3 is 1.09 bits per heavy atom. The minimum atomic E-state index is 0.0995. The van der Waals surface area contributed by atoms with Crippen LogP contribution in [0.2, 0.25) is 0 Å². The standard InChI is InChI=1S/C18H32N4/c1-2-8-14-13(7-1)19-17-11-5-6-12-18(17,20-14)22-16-10-4-3-9-15(16)21-17/h13-16,19-22H,1-12H2/t13-,14-,15-,16-,17?,18?/m1/s1. The van der Waals surface area contributed by atoms with Crippen LogP contribution in [0.3, 0.4) is 0 Å². The van der Waals surface area contributed by atoms with E-state index in [2.05, 4.69) is 21.3 Å². The zero-order chi connectivity index (χ0) is 14.6. The highest BCUT2D eigenvalue weighted by atomic mass is 15.4. The van der Waals surface area contributed by atoms with Crippen molar-refractivity contribution in [1.29, 1.82) is 0 Å². The summed E-state index contributed by atoms with van der Waals surface area (Å²) in [6.45, 7) is 0. The summed E-state index contributed by atoms with van der Waals surface area (Å²) in [5, 5.41) is 16.6. The lowest BCUT2D eigenvalue weighted by Crippen LogP contribution is -2.94. The first-order valence-electron chi connectivity index (χ1n) is 9.91. The molecule has 2 saturated heterocycles. The lowest BCUT2D eigenvalue weighted by Gasteiger charge is -2.67. The van der Waals surface area contributed by atoms with Gasteiger partial charge >= 0.3 is 0 Å². The number of hydrogen-bond donors (Lipinski definition) is 4. The van der Waals surface area contributed by atoms with Gasteiger partial charge in [-0.15, -0.1) is 0 Å². The fourth-order valence-electron chi connectivity index (χ4n) is 6.29. The zero-order valence-corrected chi connectivity index (χ0v) is 13.8. The summed E-state index contributed by atoms with van der Waals surface area (Å²) in [7, 11) is 0. The minimum absolute atomic E-state index is 0.0995. The quantitative estimate of drug-likeness (QED) is 0.553. The van der Waals surface area contributed by atoms with Gasteiger partial charge in [-0.25, -0.2) is 0 Å². The van der Waals surface area contributed by atoms with Crippen LogP contribution in [0.1, 0.15) is 77.0 Å². The molecule has 2 heterocycles. The predicted molar refractivity (Wildman–Crippen MR) is 88.6 cm³/mol. The average Bonchev–Trinajstić information content (AvgIpc) is 2.55. The molecule has 4 nitrogen and oxygen atoms in total. The van der Waals surface area contributed by atoms with E-state index in [4.69, 9.17) is 0 Å². The third-order valence-electron chi connectivity index (χ3n) is 7.34. The molecule has 22 heavy (non-hydrogen) atoms. The normalized spacial score (nSPS) is 54.5. The van der Waals surface area contributed by atoms with Gasteiger partial charge in [0.2, 0.25) is 0 Å². The molecular weight excluding hydrogens is 272 g/mol. The second-order valence-electron chi connectivity index (χ2n) is 8.59. The van der Waals surface area contributed by atoms with E-state index in [0.29, 0.717) is 24.2 Å². The van der Waals surface area contributed by atoms with Crippen molar-refractivity contribution >= 4 is 0 Å². The van der Waals surface area contributed by atoms with Crippen molar-refractivity contribution in [2.75, 3.05) is 0 Å². The van der Waals surface area contributed by atoms with Crippen LogP contribution < -0.4 is 21.3 Å². The maximum Gasteiger partial charge on any atom is 0.102 e. The number of hydrogen-bond acceptors (Lipinski definition) is 4. The maximum atomic E-state index is 4.16. The van der Waals surface area contributed by atoms with E-state index in [1.54, 1.807) is 0 Å². The molecule has 3 aliphatic carbocycles. The third kappa shape index (κ3) is 1.97. The molecule has 0 unspecified atom stereocenters. The molecule has 124 valence electrons. The molecule has 0 amide bonds. The van der Waals surface area contributed by atoms with Gasteiger partial charge in [0.25, 0.3) is 0 Å². The molecule has 0 bridgehead atoms. The molecule has 5 rings (SSSR count). The van der Waals surface area contributed by atoms with Crippen LogP contribution >= 0.6 is 0 Å². The molecule has 3 saturated carbocycles. The third-order valence-corrected chi connectivity index (χ3v) is 7.34. The van der Waals surface area contributed by atoms with Crippen LogP contribution in [-0.2, 0) is 0 Å². The van der Waals surface area contributed by atoms with E-state index in [1.165, 1.54) is 77.0 Å². The summed E-state index contributed by atoms with van der Waals surface area (Å²) >= 11 is 0. The molecule has 2 aliphatic heterocycles. The van der Waals surface area contributed by atoms with Gasteiger partial charge in [-0.2, -0.15) is 0 Å². The maximum absolute atomic E-state index is 4.16. The Morgan fingerprint density at radius 1 is 0.455 bits per heavy atom. The molecular formula is C18H32N4. The molecule has 0 aromatic heterocycles. The first-order chi connectivity index (χ1) is 10.8. The molecule has 0 radical (unpaired) electrons. The second kappa shape index (κ2) is 5.17. The SMILES string of the molecule is C1CC[C@H]2NC34CCCCC3(N[C@@H]2C1)N[C@@H]1CCCC[C@H]1N4. The summed E-state index contributed by atoms with van der Waals surface area (Å²) < 4.78 is 0. The van der Waals surface area contributed by atoms with Crippen molar-refractivity contribution in [3.05, 3.63) is 0 Å². The van der Waals surface area contributed by atoms with Gasteiger partial charge < -0.3 is 0 Å². The molecule has 4 N–H and O–H groups in total. The Hall–Kier alpha value is -0.160. The van der Waals surface area contributed by atoms with Crippen LogP contribution in [0.4, 0.5) is 0 Å². The fraction of sp³-hybridized carbons (Fsp3) is 1.00. The number of piperazine rings is 2. The summed E-state index contributed by atoms with van der Waals surface area (Å²) in [6, 6.07) is 2.70. The van der Waals surface area contributed by atoms with E-state index in [-0.39, 0.29) is 11.3 Å². The first kappa shape index (κ1) is 14.2. The van der Waals surface area contributed by atoms with Gasteiger partial charge in [0.05, 0.1) is 0 Å². The van der Waals surface area contributed by atoms with E-state index < -0.39 is 0 Å². The fourth-order valence-corrected chi connectivity index (χ4v) is 6.29. The highest BCUT2D eigenvalue weighted by molar-refractivity contribution is 5.21. The Morgan fingerprint density at radius 2 is 0.773 bits per heavy atom. The van der Waals surface area contributed by atoms with Crippen LogP contribution in [0, 0.1) is 0 Å². The van der Waals surface area contributed by atoms with E-state index in [9.17, 15) is 0 Å². The molecule has 4 atom stereocenters. The smallest absolute Gasteiger partial charge is 0.102 e. The van der Waals surface area contributed by atoms with Crippen molar-refractivity contribution in [1.82, 2.24) is 21.3 Å². The Kier molecular flexibility index (Phi) is 3.34. The second-order valence-corrected chi connectivity index (χ2v) is 8.59. The van der Waals surface area contributed by atoms with E-state index in [1.807, 2.05) is 0 Å². The molecule has 0 aromatic rings. The van der Waals surface area contributed by atoms with E-state index in [0.717, 1.165) is 0 Å². The van der Waals surface area contributed by atoms with Crippen molar-refractivity contribution in [3.63, 3.8) is 0 Å². The highest BCUT2D eigenvalue weighted by Gasteiger charge is 2.62. The van der Waals surface area contributed by atoms with Gasteiger partial charge in [0.15, 0.2) is 0 Å². The van der Waals surface area contributed by atoms with Gasteiger partial charge in [0, 0.05) is 24.2 Å². The monoisotopic (exact) mass is 304 g/mol. The highest BCUT2D eigenvalue weighted by Crippen LogP contribution is 2.44. The number of nitrogens with one attached hydrogen (secondary N) is 4. The Labute approximate surface area is 134 Å². The van der Waals surface area contributed by atoms with Crippen molar-refractivity contribution in [3.8, 4) is 0 Å². The topological polar surface area (TPSA) is 48.1 Å². The lowest BCUT2D eigenvalue weighted by molar-refractivity contribution is -0.0953. The first-order valence-corrected chi connectivity index (χ1v) is 9.91. The zero-order valence-electron chi connectivity index (χ0n) is 13.8. The van der Waals surface area contributed by atoms with Crippen LogP contribution in [0.15, 0.2) is 0 Å². The lowest BCUT2D eigenvalue weighted by atomic mass is 9.68. The summed E-state index contributed by atoms with van der Waals surface area (Å²) in [5.41, 5.74) is 0.199. The Bertz CT molecular complexity index is 369. The predicted octanol–water partition coefficient (Wildman–Crippen LogP) is 1.96. The van der Waals surface area contributed by atoms with Gasteiger partial charge in [0.1, 0.15) is 11.3 Å². The molecule has 5 fully saturated rings. The summed E-state index contributed by atoms with van der Waals surface area (Å²) in [6.07, 6.45) is 16.3. The van der Waals surface area contributed by atoms with Gasteiger partial charge in [-0.1, -0.05) is 38.5 Å². The van der Waals surface area contributed by atoms with Crippen LogP contribution in [-0.4, -0.2) is 35.5 Å². The van der Waals surface area contributed by atoms with Crippen LogP contribution in [0.5, 0.6) is 0 Å².